The van der Waals surface area contributed by atoms with Crippen LogP contribution in [0.15, 0.2) is 48.6 Å². The van der Waals surface area contributed by atoms with Crippen LogP contribution in [-0.2, 0) is 31.8 Å². The highest BCUT2D eigenvalue weighted by Gasteiger charge is 2.47. The molecule has 8 nitrogen and oxygen atoms in total. The Morgan fingerprint density at radius 2 is 2.00 bits per heavy atom. The first-order chi connectivity index (χ1) is 21.7. The van der Waals surface area contributed by atoms with Crippen LogP contribution < -0.4 is 9.64 Å². The van der Waals surface area contributed by atoms with E-state index in [1.807, 2.05) is 6.07 Å². The third-order valence-electron chi connectivity index (χ3n) is 11.3. The van der Waals surface area contributed by atoms with Crippen molar-refractivity contribution >= 4 is 29.2 Å². The molecule has 7 rings (SSSR count). The zero-order valence-corrected chi connectivity index (χ0v) is 26.7. The Kier molecular flexibility index (Phi) is 8.11. The second-order valence-electron chi connectivity index (χ2n) is 13.9. The maximum absolute atomic E-state index is 13.6. The van der Waals surface area contributed by atoms with E-state index >= 15 is 0 Å². The Morgan fingerprint density at radius 1 is 1.13 bits per heavy atom. The lowest BCUT2D eigenvalue weighted by Gasteiger charge is -2.46. The van der Waals surface area contributed by atoms with Crippen LogP contribution in [0.5, 0.6) is 5.75 Å². The maximum Gasteiger partial charge on any atom is 0.340 e. The molecule has 1 saturated heterocycles. The topological polar surface area (TPSA) is 99.5 Å². The zero-order valence-electron chi connectivity index (χ0n) is 25.9. The molecule has 2 aromatic rings. The van der Waals surface area contributed by atoms with Gasteiger partial charge in [-0.3, -0.25) is 4.79 Å². The van der Waals surface area contributed by atoms with Crippen molar-refractivity contribution in [3.8, 4) is 5.75 Å². The fourth-order valence-corrected chi connectivity index (χ4v) is 8.90. The summed E-state index contributed by atoms with van der Waals surface area (Å²) in [6.07, 6.45) is 11.3. The van der Waals surface area contributed by atoms with Crippen LogP contribution >= 0.6 is 11.6 Å². The molecule has 5 aliphatic rings. The van der Waals surface area contributed by atoms with E-state index in [2.05, 4.69) is 29.2 Å². The van der Waals surface area contributed by atoms with Gasteiger partial charge in [-0.15, -0.1) is 0 Å². The number of fused-ring (bicyclic) bond motifs is 5. The van der Waals surface area contributed by atoms with Crippen molar-refractivity contribution in [3.63, 3.8) is 0 Å². The highest BCUT2D eigenvalue weighted by atomic mass is 35.5. The average molecular weight is 635 g/mol. The molecule has 2 aliphatic carbocycles. The molecule has 0 aromatic heterocycles. The second kappa shape index (κ2) is 11.9. The second-order valence-corrected chi connectivity index (χ2v) is 14.3. The molecule has 0 radical (unpaired) electrons. The third-order valence-corrected chi connectivity index (χ3v) is 11.6. The number of hydrogen-bond acceptors (Lipinski definition) is 6. The van der Waals surface area contributed by atoms with E-state index < -0.39 is 18.0 Å². The average Bonchev–Trinajstić information content (AvgIpc) is 3.43. The number of amides is 1. The molecule has 2 aromatic carbocycles. The van der Waals surface area contributed by atoms with E-state index in [1.54, 1.807) is 30.2 Å². The van der Waals surface area contributed by atoms with Crippen molar-refractivity contribution < 1.29 is 29.3 Å². The minimum atomic E-state index is -2.36. The predicted octanol–water partition coefficient (Wildman–Crippen LogP) is 5.47. The van der Waals surface area contributed by atoms with Gasteiger partial charge in [0, 0.05) is 43.2 Å². The molecule has 45 heavy (non-hydrogen) atoms. The lowest BCUT2D eigenvalue weighted by molar-refractivity contribution is -0.165. The van der Waals surface area contributed by atoms with Crippen molar-refractivity contribution in [1.29, 1.82) is 0 Å². The number of hydrogen-bond donors (Lipinski definition) is 2. The number of rotatable bonds is 2. The molecule has 2 fully saturated rings. The number of carboxylic acid groups (broad SMARTS) is 1. The van der Waals surface area contributed by atoms with Crippen molar-refractivity contribution in [2.75, 3.05) is 38.3 Å². The Morgan fingerprint density at radius 3 is 2.78 bits per heavy atom. The first kappa shape index (κ1) is 30.6. The number of carboxylic acids is 1. The quantitative estimate of drug-likeness (QED) is 0.423. The summed E-state index contributed by atoms with van der Waals surface area (Å²) >= 11 is 6.43. The summed E-state index contributed by atoms with van der Waals surface area (Å²) in [5.74, 6) is -0.388. The summed E-state index contributed by atoms with van der Waals surface area (Å²) in [6.45, 7) is 2.49. The summed E-state index contributed by atoms with van der Waals surface area (Å²) in [6, 6.07) is 11.3. The predicted molar refractivity (Wildman–Crippen MR) is 172 cm³/mol. The Labute approximate surface area is 269 Å². The SMILES string of the molecule is CO[C@H]1/C=C/C[C@@H]2CCCN2C(=O)C[C@](O)(C(=O)O)c2ccc3c(c2)N(C[C@@H]2CC[C@H]21)C[C@@]1(CCCc2cc(Cl)ccc21)CO3. The van der Waals surface area contributed by atoms with E-state index in [9.17, 15) is 19.8 Å². The fraction of sp³-hybridized carbons (Fsp3) is 0.556. The van der Waals surface area contributed by atoms with E-state index in [0.717, 1.165) is 62.2 Å². The lowest BCUT2D eigenvalue weighted by Crippen LogP contribution is -2.49. The Balaban J connectivity index is 1.33. The number of methoxy groups -OCH3 is 1. The largest absolute Gasteiger partial charge is 0.490 e. The van der Waals surface area contributed by atoms with Gasteiger partial charge in [-0.1, -0.05) is 35.9 Å². The number of aliphatic hydroxyl groups is 1. The molecule has 240 valence electrons. The smallest absolute Gasteiger partial charge is 0.340 e. The molecule has 1 saturated carbocycles. The number of ether oxygens (including phenoxy) is 2. The maximum atomic E-state index is 13.6. The Bertz CT molecular complexity index is 1510. The van der Waals surface area contributed by atoms with Crippen LogP contribution in [-0.4, -0.2) is 72.5 Å². The van der Waals surface area contributed by atoms with E-state index in [1.165, 1.54) is 11.1 Å². The minimum absolute atomic E-state index is 0.0140. The molecule has 2 N–H and O–H groups in total. The van der Waals surface area contributed by atoms with Gasteiger partial charge in [0.1, 0.15) is 5.75 Å². The first-order valence-corrected chi connectivity index (χ1v) is 16.8. The van der Waals surface area contributed by atoms with Gasteiger partial charge in [-0.05, 0) is 104 Å². The first-order valence-electron chi connectivity index (χ1n) is 16.5. The summed E-state index contributed by atoms with van der Waals surface area (Å²) in [5.41, 5.74) is 0.833. The number of aryl methyl sites for hydroxylation is 1. The minimum Gasteiger partial charge on any atom is -0.490 e. The van der Waals surface area contributed by atoms with Gasteiger partial charge in [0.25, 0.3) is 0 Å². The van der Waals surface area contributed by atoms with Crippen molar-refractivity contribution in [2.24, 2.45) is 11.8 Å². The van der Waals surface area contributed by atoms with Gasteiger partial charge < -0.3 is 29.5 Å². The van der Waals surface area contributed by atoms with Gasteiger partial charge in [-0.2, -0.15) is 0 Å². The molecule has 3 aliphatic heterocycles. The van der Waals surface area contributed by atoms with Gasteiger partial charge in [0.05, 0.1) is 24.8 Å². The summed E-state index contributed by atoms with van der Waals surface area (Å²) in [4.78, 5) is 30.5. The van der Waals surface area contributed by atoms with Crippen LogP contribution in [0.25, 0.3) is 0 Å². The van der Waals surface area contributed by atoms with Crippen molar-refractivity contribution in [2.45, 2.75) is 80.9 Å². The standard InChI is InChI=1S/C36H43ClN2O6/c1-44-31-8-2-6-27-7-4-16-39(27)33(40)19-36(43,34(41)42)25-10-14-32-30(18-25)38(20-24-9-12-28(24)31)21-35(22-45-32)15-3-5-23-17-26(37)11-13-29(23)35/h2,8,10-11,13-14,17-18,24,27-28,31,43H,3-7,9,12,15-16,19-22H2,1H3,(H,41,42)/b8-2+/t24-,27+,28+,31-,35-,36+/m0/s1. The van der Waals surface area contributed by atoms with E-state index in [0.29, 0.717) is 43.7 Å². The van der Waals surface area contributed by atoms with Gasteiger partial charge in [0.2, 0.25) is 5.91 Å². The number of aliphatic carboxylic acids is 1. The number of carbonyl (C=O) groups excluding carboxylic acids is 1. The normalized spacial score (nSPS) is 33.7. The van der Waals surface area contributed by atoms with Crippen molar-refractivity contribution in [3.05, 3.63) is 70.3 Å². The number of benzene rings is 2. The molecular weight excluding hydrogens is 592 g/mol. The summed E-state index contributed by atoms with van der Waals surface area (Å²) in [5, 5.41) is 22.9. The molecule has 0 unspecified atom stereocenters. The number of nitrogens with zero attached hydrogens (tertiary/aromatic N) is 2. The van der Waals surface area contributed by atoms with Gasteiger partial charge in [0.15, 0.2) is 5.60 Å². The molecule has 6 atom stereocenters. The highest BCUT2D eigenvalue weighted by molar-refractivity contribution is 6.30. The van der Waals surface area contributed by atoms with Crippen LogP contribution in [0, 0.1) is 11.8 Å². The number of halogens is 1. The molecule has 1 spiro atoms. The summed E-state index contributed by atoms with van der Waals surface area (Å²) < 4.78 is 12.6. The van der Waals surface area contributed by atoms with E-state index in [-0.39, 0.29) is 29.0 Å². The number of carbonyl (C=O) groups is 2. The van der Waals surface area contributed by atoms with Gasteiger partial charge >= 0.3 is 5.97 Å². The lowest BCUT2D eigenvalue weighted by atomic mass is 9.68. The monoisotopic (exact) mass is 634 g/mol. The molecule has 2 bridgehead atoms. The molecular formula is C36H43ClN2O6. The molecule has 9 heteroatoms. The number of anilines is 1. The third kappa shape index (κ3) is 5.43. The van der Waals surface area contributed by atoms with Crippen LogP contribution in [0.2, 0.25) is 5.02 Å². The van der Waals surface area contributed by atoms with Crippen LogP contribution in [0.4, 0.5) is 5.69 Å². The van der Waals surface area contributed by atoms with Gasteiger partial charge in [-0.25, -0.2) is 4.79 Å². The fourth-order valence-electron chi connectivity index (χ4n) is 8.70. The zero-order chi connectivity index (χ0) is 31.3. The Hall–Kier alpha value is -3.07. The van der Waals surface area contributed by atoms with Crippen LogP contribution in [0.3, 0.4) is 0 Å². The molecule has 3 heterocycles. The summed E-state index contributed by atoms with van der Waals surface area (Å²) in [7, 11) is 1.78. The van der Waals surface area contributed by atoms with Crippen molar-refractivity contribution in [1.82, 2.24) is 4.90 Å². The van der Waals surface area contributed by atoms with E-state index in [4.69, 9.17) is 21.1 Å². The molecule has 1 amide bonds. The van der Waals surface area contributed by atoms with Crippen LogP contribution in [0.1, 0.15) is 68.1 Å². The highest BCUT2D eigenvalue weighted by Crippen LogP contribution is 2.48.